The number of anilines is 1. The average molecular weight is 378 g/mol. The van der Waals surface area contributed by atoms with E-state index in [0.29, 0.717) is 11.8 Å². The molecule has 0 aliphatic carbocycles. The maximum Gasteiger partial charge on any atom is 0.321 e. The second kappa shape index (κ2) is 6.10. The van der Waals surface area contributed by atoms with E-state index in [-0.39, 0.29) is 6.03 Å². The van der Waals surface area contributed by atoms with Crippen molar-refractivity contribution in [3.63, 3.8) is 0 Å². The number of amides is 2. The van der Waals surface area contributed by atoms with Gasteiger partial charge in [0.05, 0.1) is 0 Å². The number of carbonyl (C=O) groups excluding carboxylic acids is 1. The van der Waals surface area contributed by atoms with Gasteiger partial charge in [0.15, 0.2) is 0 Å². The standard InChI is InChI=1S/C18H24BrN3O/c1-12-5-6-14(19)8-16(12)20-18(23)22-10-13-9-21-7-3-2-4-17(21)15(13)11-22/h5-6,8,13,15,17H,2-4,7,9-11H2,1H3,(H,20,23)/t13-,15+,17-/m0/s1. The van der Waals surface area contributed by atoms with Crippen LogP contribution < -0.4 is 5.32 Å². The van der Waals surface area contributed by atoms with Gasteiger partial charge >= 0.3 is 6.03 Å². The minimum absolute atomic E-state index is 0.0583. The summed E-state index contributed by atoms with van der Waals surface area (Å²) in [6.45, 7) is 6.32. The zero-order valence-electron chi connectivity index (χ0n) is 13.6. The number of rotatable bonds is 1. The van der Waals surface area contributed by atoms with E-state index in [1.54, 1.807) is 0 Å². The van der Waals surface area contributed by atoms with Crippen LogP contribution in [-0.2, 0) is 0 Å². The van der Waals surface area contributed by atoms with Crippen LogP contribution in [0.4, 0.5) is 10.5 Å². The summed E-state index contributed by atoms with van der Waals surface area (Å²) in [4.78, 5) is 17.4. The van der Waals surface area contributed by atoms with Gasteiger partial charge in [0.25, 0.3) is 0 Å². The number of likely N-dealkylation sites (tertiary alicyclic amines) is 1. The molecule has 23 heavy (non-hydrogen) atoms. The van der Waals surface area contributed by atoms with Gasteiger partial charge in [-0.15, -0.1) is 0 Å². The van der Waals surface area contributed by atoms with Crippen LogP contribution in [0.15, 0.2) is 22.7 Å². The quantitative estimate of drug-likeness (QED) is 0.809. The van der Waals surface area contributed by atoms with Crippen LogP contribution in [0.3, 0.4) is 0 Å². The highest BCUT2D eigenvalue weighted by atomic mass is 79.9. The first kappa shape index (κ1) is 15.5. The maximum atomic E-state index is 12.7. The Balaban J connectivity index is 1.42. The first-order valence-electron chi connectivity index (χ1n) is 8.68. The third kappa shape index (κ3) is 2.89. The number of aryl methyl sites for hydroxylation is 1. The van der Waals surface area contributed by atoms with E-state index < -0.39 is 0 Å². The van der Waals surface area contributed by atoms with Crippen molar-refractivity contribution in [2.24, 2.45) is 11.8 Å². The largest absolute Gasteiger partial charge is 0.324 e. The molecular formula is C18H24BrN3O. The molecule has 0 spiro atoms. The minimum Gasteiger partial charge on any atom is -0.324 e. The fourth-order valence-corrected chi connectivity index (χ4v) is 5.01. The molecule has 0 bridgehead atoms. The summed E-state index contributed by atoms with van der Waals surface area (Å²) in [7, 11) is 0. The highest BCUT2D eigenvalue weighted by Gasteiger charge is 2.48. The highest BCUT2D eigenvalue weighted by molar-refractivity contribution is 9.10. The molecule has 2 amide bonds. The molecule has 4 nitrogen and oxygen atoms in total. The normalized spacial score (nSPS) is 30.2. The molecule has 0 saturated carbocycles. The van der Waals surface area contributed by atoms with E-state index in [4.69, 9.17) is 0 Å². The number of nitrogens with zero attached hydrogens (tertiary/aromatic N) is 2. The molecule has 0 unspecified atom stereocenters. The van der Waals surface area contributed by atoms with Crippen LogP contribution in [0.25, 0.3) is 0 Å². The number of hydrogen-bond donors (Lipinski definition) is 1. The zero-order chi connectivity index (χ0) is 16.0. The second-order valence-corrected chi connectivity index (χ2v) is 8.19. The molecule has 3 atom stereocenters. The number of urea groups is 1. The van der Waals surface area contributed by atoms with Gasteiger partial charge < -0.3 is 10.2 Å². The second-order valence-electron chi connectivity index (χ2n) is 7.28. The Morgan fingerprint density at radius 2 is 2.13 bits per heavy atom. The van der Waals surface area contributed by atoms with Gasteiger partial charge in [0.1, 0.15) is 0 Å². The fraction of sp³-hybridized carbons (Fsp3) is 0.611. The Hall–Kier alpha value is -1.07. The molecule has 124 valence electrons. The van der Waals surface area contributed by atoms with E-state index in [1.807, 2.05) is 30.0 Å². The lowest BCUT2D eigenvalue weighted by Gasteiger charge is -2.33. The number of carbonyl (C=O) groups is 1. The first-order valence-corrected chi connectivity index (χ1v) is 9.47. The van der Waals surface area contributed by atoms with Gasteiger partial charge in [-0.3, -0.25) is 4.90 Å². The van der Waals surface area contributed by atoms with Gasteiger partial charge in [0, 0.05) is 35.8 Å². The van der Waals surface area contributed by atoms with Crippen molar-refractivity contribution in [2.75, 3.05) is 31.5 Å². The van der Waals surface area contributed by atoms with Crippen molar-refractivity contribution in [3.8, 4) is 0 Å². The number of halogens is 1. The summed E-state index contributed by atoms with van der Waals surface area (Å²) < 4.78 is 0.995. The van der Waals surface area contributed by atoms with Crippen LogP contribution in [0.5, 0.6) is 0 Å². The number of benzene rings is 1. The first-order chi connectivity index (χ1) is 11.1. The Morgan fingerprint density at radius 1 is 1.26 bits per heavy atom. The van der Waals surface area contributed by atoms with E-state index >= 15 is 0 Å². The Morgan fingerprint density at radius 3 is 3.00 bits per heavy atom. The summed E-state index contributed by atoms with van der Waals surface area (Å²) in [5.74, 6) is 1.36. The van der Waals surface area contributed by atoms with Crippen LogP contribution in [0, 0.1) is 18.8 Å². The van der Waals surface area contributed by atoms with E-state index in [9.17, 15) is 4.79 Å². The van der Waals surface area contributed by atoms with Gasteiger partial charge in [0.2, 0.25) is 0 Å². The smallest absolute Gasteiger partial charge is 0.321 e. The van der Waals surface area contributed by atoms with Crippen LogP contribution in [0.1, 0.15) is 24.8 Å². The molecule has 1 aromatic carbocycles. The summed E-state index contributed by atoms with van der Waals surface area (Å²) in [6.07, 6.45) is 4.03. The third-order valence-electron chi connectivity index (χ3n) is 5.85. The van der Waals surface area contributed by atoms with Crippen molar-refractivity contribution in [1.29, 1.82) is 0 Å². The molecular weight excluding hydrogens is 354 g/mol. The van der Waals surface area contributed by atoms with Gasteiger partial charge in [-0.1, -0.05) is 28.4 Å². The van der Waals surface area contributed by atoms with Crippen molar-refractivity contribution in [1.82, 2.24) is 9.80 Å². The Bertz CT molecular complexity index is 620. The number of nitrogens with one attached hydrogen (secondary N) is 1. The molecule has 0 radical (unpaired) electrons. The van der Waals surface area contributed by atoms with Crippen LogP contribution in [-0.4, -0.2) is 48.1 Å². The van der Waals surface area contributed by atoms with Crippen molar-refractivity contribution >= 4 is 27.6 Å². The van der Waals surface area contributed by atoms with E-state index in [1.165, 1.54) is 32.4 Å². The fourth-order valence-electron chi connectivity index (χ4n) is 4.64. The predicted octanol–water partition coefficient (Wildman–Crippen LogP) is 3.71. The molecule has 3 fully saturated rings. The number of fused-ring (bicyclic) bond motifs is 3. The molecule has 3 saturated heterocycles. The summed E-state index contributed by atoms with van der Waals surface area (Å²) >= 11 is 3.48. The predicted molar refractivity (Wildman–Crippen MR) is 95.7 cm³/mol. The van der Waals surface area contributed by atoms with Gasteiger partial charge in [-0.2, -0.15) is 0 Å². The topological polar surface area (TPSA) is 35.6 Å². The van der Waals surface area contributed by atoms with E-state index in [0.717, 1.165) is 34.9 Å². The summed E-state index contributed by atoms with van der Waals surface area (Å²) in [5.41, 5.74) is 2.00. The van der Waals surface area contributed by atoms with Crippen molar-refractivity contribution in [3.05, 3.63) is 28.2 Å². The zero-order valence-corrected chi connectivity index (χ0v) is 15.2. The van der Waals surface area contributed by atoms with Gasteiger partial charge in [-0.25, -0.2) is 4.79 Å². The number of hydrogen-bond acceptors (Lipinski definition) is 2. The van der Waals surface area contributed by atoms with Crippen molar-refractivity contribution < 1.29 is 4.79 Å². The third-order valence-corrected chi connectivity index (χ3v) is 6.34. The SMILES string of the molecule is Cc1ccc(Br)cc1NC(=O)N1C[C@@H]2CN3CCCC[C@H]3[C@@H]2C1. The molecule has 1 N–H and O–H groups in total. The monoisotopic (exact) mass is 377 g/mol. The molecule has 0 aromatic heterocycles. The lowest BCUT2D eigenvalue weighted by Crippen LogP contribution is -2.41. The Kier molecular flexibility index (Phi) is 4.10. The lowest BCUT2D eigenvalue weighted by molar-refractivity contribution is 0.157. The number of piperidine rings is 1. The van der Waals surface area contributed by atoms with Crippen molar-refractivity contribution in [2.45, 2.75) is 32.2 Å². The summed E-state index contributed by atoms with van der Waals surface area (Å²) in [6, 6.07) is 6.79. The molecule has 3 aliphatic heterocycles. The molecule has 5 heteroatoms. The molecule has 4 rings (SSSR count). The van der Waals surface area contributed by atoms with Crippen LogP contribution >= 0.6 is 15.9 Å². The highest BCUT2D eigenvalue weighted by Crippen LogP contribution is 2.40. The molecule has 3 aliphatic rings. The molecule has 1 aromatic rings. The Labute approximate surface area is 146 Å². The van der Waals surface area contributed by atoms with Crippen LogP contribution in [0.2, 0.25) is 0 Å². The van der Waals surface area contributed by atoms with E-state index in [2.05, 4.69) is 26.1 Å². The summed E-state index contributed by atoms with van der Waals surface area (Å²) in [5, 5.41) is 3.10. The minimum atomic E-state index is 0.0583. The maximum absolute atomic E-state index is 12.7. The molecule has 3 heterocycles. The lowest BCUT2D eigenvalue weighted by atomic mass is 9.90. The van der Waals surface area contributed by atoms with Gasteiger partial charge in [-0.05, 0) is 55.8 Å². The average Bonchev–Trinajstić information content (AvgIpc) is 3.08.